The van der Waals surface area contributed by atoms with Crippen LogP contribution in [0.25, 0.3) is 0 Å². The Morgan fingerprint density at radius 1 is 0.848 bits per heavy atom. The summed E-state index contributed by atoms with van der Waals surface area (Å²) in [7, 11) is 2.63. The summed E-state index contributed by atoms with van der Waals surface area (Å²) < 4.78 is 17.0. The Balaban J connectivity index is 0.00000187. The molecule has 0 saturated carbocycles. The molecule has 0 aliphatic heterocycles. The number of nitrogens with two attached hydrogens (primary N) is 1. The number of ether oxygens (including phenoxy) is 3. The lowest BCUT2D eigenvalue weighted by molar-refractivity contribution is 0.0603. The highest BCUT2D eigenvalue weighted by atomic mass is 16.5. The van der Waals surface area contributed by atoms with E-state index in [0.29, 0.717) is 49.2 Å². The van der Waals surface area contributed by atoms with E-state index < -0.39 is 6.10 Å². The molecule has 7 heteroatoms. The molecule has 178 valence electrons. The maximum Gasteiger partial charge on any atom is 0.161 e. The van der Waals surface area contributed by atoms with Crippen molar-refractivity contribution in [2.75, 3.05) is 46.3 Å². The number of hydrogen-bond acceptors (Lipinski definition) is 7. The van der Waals surface area contributed by atoms with Gasteiger partial charge in [0.1, 0.15) is 25.1 Å². The van der Waals surface area contributed by atoms with Crippen molar-refractivity contribution < 1.29 is 24.4 Å². The van der Waals surface area contributed by atoms with Gasteiger partial charge in [0.2, 0.25) is 0 Å². The predicted molar refractivity (Wildman–Crippen MR) is 131 cm³/mol. The number of methoxy groups -OCH3 is 1. The molecule has 1 atom stereocenters. The number of aliphatic hydroxyl groups is 2. The summed E-state index contributed by atoms with van der Waals surface area (Å²) in [6, 6.07) is 24.9. The van der Waals surface area contributed by atoms with E-state index >= 15 is 0 Å². The van der Waals surface area contributed by atoms with E-state index in [1.54, 1.807) is 31.4 Å². The average molecular weight is 455 g/mol. The van der Waals surface area contributed by atoms with Crippen LogP contribution >= 0.6 is 0 Å². The molecule has 1 unspecified atom stereocenters. The van der Waals surface area contributed by atoms with Crippen molar-refractivity contribution in [1.29, 1.82) is 0 Å². The van der Waals surface area contributed by atoms with Crippen LogP contribution in [-0.2, 0) is 6.54 Å². The first-order valence-electron chi connectivity index (χ1n) is 10.8. The van der Waals surface area contributed by atoms with Crippen molar-refractivity contribution in [1.82, 2.24) is 4.90 Å². The largest absolute Gasteiger partial charge is 0.493 e. The Bertz CT molecular complexity index is 906. The first-order valence-corrected chi connectivity index (χ1v) is 10.8. The molecule has 0 saturated heterocycles. The number of rotatable bonds is 12. The molecule has 7 nitrogen and oxygen atoms in total. The first kappa shape index (κ1) is 26.0. The average Bonchev–Trinajstić information content (AvgIpc) is 2.86. The van der Waals surface area contributed by atoms with Crippen molar-refractivity contribution >= 4 is 5.69 Å². The Labute approximate surface area is 195 Å². The predicted octanol–water partition coefficient (Wildman–Crippen LogP) is 3.21. The second-order valence-electron chi connectivity index (χ2n) is 7.25. The molecule has 0 aliphatic rings. The van der Waals surface area contributed by atoms with E-state index in [4.69, 9.17) is 25.1 Å². The van der Waals surface area contributed by atoms with E-state index in [-0.39, 0.29) is 6.61 Å². The summed E-state index contributed by atoms with van der Waals surface area (Å²) in [6.07, 6.45) is -0.646. The molecule has 0 bridgehead atoms. The van der Waals surface area contributed by atoms with Gasteiger partial charge in [-0.15, -0.1) is 0 Å². The summed E-state index contributed by atoms with van der Waals surface area (Å²) in [6.45, 7) is 2.47. The van der Waals surface area contributed by atoms with Crippen LogP contribution in [0.15, 0.2) is 78.9 Å². The Kier molecular flexibility index (Phi) is 11.6. The Hall–Kier alpha value is -3.26. The van der Waals surface area contributed by atoms with Crippen LogP contribution in [0, 0.1) is 0 Å². The third-order valence-corrected chi connectivity index (χ3v) is 4.77. The molecular weight excluding hydrogens is 420 g/mol. The summed E-state index contributed by atoms with van der Waals surface area (Å²) in [5.74, 6) is 2.09. The Morgan fingerprint density at radius 2 is 1.48 bits per heavy atom. The van der Waals surface area contributed by atoms with Crippen LogP contribution in [0.1, 0.15) is 5.56 Å². The number of nitrogen functional groups attached to an aromatic ring is 1. The molecule has 3 aromatic carbocycles. The van der Waals surface area contributed by atoms with Crippen LogP contribution < -0.4 is 19.9 Å². The molecule has 0 spiro atoms. The number of nitrogens with zero attached hydrogens (tertiary/aromatic N) is 1. The third kappa shape index (κ3) is 9.41. The lowest BCUT2D eigenvalue weighted by Crippen LogP contribution is -2.37. The van der Waals surface area contributed by atoms with Gasteiger partial charge >= 0.3 is 0 Å². The normalized spacial score (nSPS) is 11.3. The summed E-state index contributed by atoms with van der Waals surface area (Å²) in [5.41, 5.74) is 7.55. The smallest absolute Gasteiger partial charge is 0.161 e. The summed E-state index contributed by atoms with van der Waals surface area (Å²) in [5, 5.41) is 17.6. The van der Waals surface area contributed by atoms with Crippen LogP contribution in [0.5, 0.6) is 17.2 Å². The molecule has 0 radical (unpaired) electrons. The minimum atomic E-state index is -0.646. The van der Waals surface area contributed by atoms with Crippen molar-refractivity contribution in [3.05, 3.63) is 84.4 Å². The van der Waals surface area contributed by atoms with Crippen molar-refractivity contribution in [2.45, 2.75) is 12.6 Å². The van der Waals surface area contributed by atoms with Crippen molar-refractivity contribution in [3.63, 3.8) is 0 Å². The van der Waals surface area contributed by atoms with E-state index in [1.807, 2.05) is 42.5 Å². The van der Waals surface area contributed by atoms with E-state index in [0.717, 1.165) is 7.11 Å². The van der Waals surface area contributed by atoms with Crippen LogP contribution in [0.2, 0.25) is 0 Å². The highest BCUT2D eigenvalue weighted by molar-refractivity contribution is 5.41. The molecule has 33 heavy (non-hydrogen) atoms. The quantitative estimate of drug-likeness (QED) is 0.362. The van der Waals surface area contributed by atoms with E-state index in [2.05, 4.69) is 17.0 Å². The van der Waals surface area contributed by atoms with Gasteiger partial charge in [0.05, 0.1) is 7.11 Å². The van der Waals surface area contributed by atoms with Crippen molar-refractivity contribution in [2.24, 2.45) is 0 Å². The van der Waals surface area contributed by atoms with Gasteiger partial charge in [-0.05, 0) is 42.0 Å². The summed E-state index contributed by atoms with van der Waals surface area (Å²) >= 11 is 0. The van der Waals surface area contributed by atoms with Gasteiger partial charge in [0.15, 0.2) is 11.5 Å². The van der Waals surface area contributed by atoms with Gasteiger partial charge in [0.25, 0.3) is 0 Å². The standard InChI is InChI=1S/C25H30N2O4.CH4O/c1-29-24-9-5-6-10-25(24)30-16-15-27(17-20-7-3-2-4-8-20)18-22(28)19-31-23-13-11-21(26)12-14-23;1-2/h2-14,22,28H,15-19,26H2,1H3;2H,1H3. The molecule has 0 heterocycles. The SMILES string of the molecule is CO.COc1ccccc1OCCN(Cc1ccccc1)CC(O)COc1ccc(N)cc1. The lowest BCUT2D eigenvalue weighted by Gasteiger charge is -2.25. The fourth-order valence-corrected chi connectivity index (χ4v) is 3.21. The molecule has 0 amide bonds. The van der Waals surface area contributed by atoms with Gasteiger partial charge in [-0.2, -0.15) is 0 Å². The summed E-state index contributed by atoms with van der Waals surface area (Å²) in [4.78, 5) is 2.15. The van der Waals surface area contributed by atoms with Gasteiger partial charge in [-0.3, -0.25) is 4.90 Å². The molecule has 4 N–H and O–H groups in total. The molecule has 0 aliphatic carbocycles. The number of para-hydroxylation sites is 2. The number of aliphatic hydroxyl groups excluding tert-OH is 2. The highest BCUT2D eigenvalue weighted by Crippen LogP contribution is 2.25. The molecule has 3 aromatic rings. The van der Waals surface area contributed by atoms with Crippen molar-refractivity contribution in [3.8, 4) is 17.2 Å². The number of hydrogen-bond donors (Lipinski definition) is 3. The zero-order valence-corrected chi connectivity index (χ0v) is 19.3. The Morgan fingerprint density at radius 3 is 2.15 bits per heavy atom. The minimum Gasteiger partial charge on any atom is -0.493 e. The molecule has 0 fully saturated rings. The monoisotopic (exact) mass is 454 g/mol. The fourth-order valence-electron chi connectivity index (χ4n) is 3.21. The van der Waals surface area contributed by atoms with E-state index in [9.17, 15) is 5.11 Å². The number of anilines is 1. The van der Waals surface area contributed by atoms with Gasteiger partial charge in [-0.1, -0.05) is 42.5 Å². The lowest BCUT2D eigenvalue weighted by atomic mass is 10.2. The van der Waals surface area contributed by atoms with Crippen LogP contribution in [-0.4, -0.2) is 61.7 Å². The third-order valence-electron chi connectivity index (χ3n) is 4.77. The molecule has 0 aromatic heterocycles. The van der Waals surface area contributed by atoms with E-state index in [1.165, 1.54) is 5.56 Å². The molecule has 3 rings (SSSR count). The molecular formula is C26H34N2O5. The maximum atomic E-state index is 10.6. The maximum absolute atomic E-state index is 10.6. The number of benzene rings is 3. The zero-order valence-electron chi connectivity index (χ0n) is 19.3. The highest BCUT2D eigenvalue weighted by Gasteiger charge is 2.14. The topological polar surface area (TPSA) is 97.4 Å². The van der Waals surface area contributed by atoms with Gasteiger partial charge < -0.3 is 30.2 Å². The minimum absolute atomic E-state index is 0.197. The van der Waals surface area contributed by atoms with Crippen LogP contribution in [0.3, 0.4) is 0 Å². The fraction of sp³-hybridized carbons (Fsp3) is 0.308. The first-order chi connectivity index (χ1) is 16.1. The second-order valence-corrected chi connectivity index (χ2v) is 7.25. The van der Waals surface area contributed by atoms with Gasteiger partial charge in [0, 0.05) is 32.4 Å². The zero-order chi connectivity index (χ0) is 23.9. The van der Waals surface area contributed by atoms with Gasteiger partial charge in [-0.25, -0.2) is 0 Å². The van der Waals surface area contributed by atoms with Crippen LogP contribution in [0.4, 0.5) is 5.69 Å². The second kappa shape index (κ2) is 14.7.